The molecule has 0 fully saturated rings. The maximum Gasteiger partial charge on any atom is 0.146 e. The number of halogens is 2. The Morgan fingerprint density at radius 1 is 1.33 bits per heavy atom. The third kappa shape index (κ3) is 2.63. The molecule has 0 aromatic heterocycles. The second-order valence-electron chi connectivity index (χ2n) is 4.61. The van der Waals surface area contributed by atoms with Gasteiger partial charge >= 0.3 is 0 Å². The average molecular weight is 230 g/mol. The molecule has 0 aliphatic carbocycles. The monoisotopic (exact) mass is 229 g/mol. The van der Waals surface area contributed by atoms with Crippen molar-refractivity contribution in [1.82, 2.24) is 0 Å². The zero-order chi connectivity index (χ0) is 11.6. The van der Waals surface area contributed by atoms with E-state index in [-0.39, 0.29) is 11.4 Å². The number of para-hydroxylation sites is 1. The van der Waals surface area contributed by atoms with Crippen LogP contribution in [0.15, 0.2) is 18.2 Å². The molecule has 0 aliphatic rings. The predicted octanol–water partition coefficient (Wildman–Crippen LogP) is 3.80. The molecule has 1 aromatic rings. The van der Waals surface area contributed by atoms with E-state index in [1.165, 1.54) is 6.07 Å². The first-order chi connectivity index (χ1) is 6.88. The first-order valence-electron chi connectivity index (χ1n) is 4.95. The fourth-order valence-electron chi connectivity index (χ4n) is 1.38. The molecule has 15 heavy (non-hydrogen) atoms. The SMILES string of the molecule is CN(c1c(F)cccc1CCl)C(C)(C)C. The normalized spacial score (nSPS) is 11.6. The molecular formula is C12H17ClFN. The summed E-state index contributed by atoms with van der Waals surface area (Å²) < 4.78 is 13.7. The molecule has 0 heterocycles. The number of rotatable bonds is 2. The van der Waals surface area contributed by atoms with Gasteiger partial charge < -0.3 is 4.90 Å². The van der Waals surface area contributed by atoms with Crippen LogP contribution >= 0.6 is 11.6 Å². The summed E-state index contributed by atoms with van der Waals surface area (Å²) in [5.74, 6) is 0.110. The van der Waals surface area contributed by atoms with Gasteiger partial charge in [-0.2, -0.15) is 0 Å². The molecule has 84 valence electrons. The lowest BCUT2D eigenvalue weighted by atomic mass is 10.0. The lowest BCUT2D eigenvalue weighted by Gasteiger charge is -2.35. The van der Waals surface area contributed by atoms with Gasteiger partial charge in [0, 0.05) is 18.5 Å². The number of anilines is 1. The molecule has 1 aromatic carbocycles. The molecule has 1 nitrogen and oxygen atoms in total. The van der Waals surface area contributed by atoms with Crippen molar-refractivity contribution in [3.63, 3.8) is 0 Å². The Bertz CT molecular complexity index is 344. The van der Waals surface area contributed by atoms with Crippen molar-refractivity contribution in [1.29, 1.82) is 0 Å². The minimum atomic E-state index is -0.217. The highest BCUT2D eigenvalue weighted by molar-refractivity contribution is 6.17. The van der Waals surface area contributed by atoms with E-state index in [0.717, 1.165) is 5.56 Å². The summed E-state index contributed by atoms with van der Waals surface area (Å²) in [5.41, 5.74) is 1.30. The fourth-order valence-corrected chi connectivity index (χ4v) is 1.59. The molecule has 0 spiro atoms. The van der Waals surface area contributed by atoms with Gasteiger partial charge in [0.15, 0.2) is 0 Å². The fraction of sp³-hybridized carbons (Fsp3) is 0.500. The number of nitrogens with zero attached hydrogens (tertiary/aromatic N) is 1. The van der Waals surface area contributed by atoms with Gasteiger partial charge in [0.05, 0.1) is 5.69 Å². The van der Waals surface area contributed by atoms with Crippen molar-refractivity contribution >= 4 is 17.3 Å². The summed E-state index contributed by atoms with van der Waals surface area (Å²) in [6.07, 6.45) is 0. The van der Waals surface area contributed by atoms with Crippen molar-refractivity contribution < 1.29 is 4.39 Å². The minimum Gasteiger partial charge on any atom is -0.367 e. The van der Waals surface area contributed by atoms with Gasteiger partial charge in [-0.05, 0) is 32.4 Å². The average Bonchev–Trinajstić information content (AvgIpc) is 2.15. The maximum absolute atomic E-state index is 13.7. The van der Waals surface area contributed by atoms with Crippen LogP contribution in [0, 0.1) is 5.82 Å². The minimum absolute atomic E-state index is 0.122. The lowest BCUT2D eigenvalue weighted by Crippen LogP contribution is -2.39. The molecule has 0 bridgehead atoms. The van der Waals surface area contributed by atoms with Gasteiger partial charge in [-0.15, -0.1) is 11.6 Å². The third-order valence-electron chi connectivity index (χ3n) is 2.56. The van der Waals surface area contributed by atoms with E-state index in [9.17, 15) is 4.39 Å². The zero-order valence-electron chi connectivity index (χ0n) is 9.64. The summed E-state index contributed by atoms with van der Waals surface area (Å²) in [6, 6.07) is 5.01. The van der Waals surface area contributed by atoms with Crippen molar-refractivity contribution in [3.05, 3.63) is 29.6 Å². The van der Waals surface area contributed by atoms with Gasteiger partial charge in [-0.1, -0.05) is 12.1 Å². The summed E-state index contributed by atoms with van der Waals surface area (Å²) in [4.78, 5) is 1.92. The Kier molecular flexibility index (Phi) is 3.61. The van der Waals surface area contributed by atoms with Crippen molar-refractivity contribution in [2.24, 2.45) is 0 Å². The molecule has 0 N–H and O–H groups in total. The summed E-state index contributed by atoms with van der Waals surface area (Å²) in [6.45, 7) is 6.12. The topological polar surface area (TPSA) is 3.24 Å². The van der Waals surface area contributed by atoms with E-state index in [4.69, 9.17) is 11.6 Å². The third-order valence-corrected chi connectivity index (χ3v) is 2.84. The second kappa shape index (κ2) is 4.40. The van der Waals surface area contributed by atoms with Crippen LogP contribution in [0.1, 0.15) is 26.3 Å². The Morgan fingerprint density at radius 3 is 2.40 bits per heavy atom. The van der Waals surface area contributed by atoms with E-state index in [1.807, 2.05) is 38.8 Å². The van der Waals surface area contributed by atoms with Gasteiger partial charge in [0.1, 0.15) is 5.82 Å². The summed E-state index contributed by atoms with van der Waals surface area (Å²) >= 11 is 5.80. The van der Waals surface area contributed by atoms with Crippen LogP contribution in [0.3, 0.4) is 0 Å². The highest BCUT2D eigenvalue weighted by atomic mass is 35.5. The van der Waals surface area contributed by atoms with Crippen LogP contribution in [-0.2, 0) is 5.88 Å². The zero-order valence-corrected chi connectivity index (χ0v) is 10.4. The van der Waals surface area contributed by atoms with E-state index in [2.05, 4.69) is 0 Å². The van der Waals surface area contributed by atoms with E-state index < -0.39 is 0 Å². The number of benzene rings is 1. The molecule has 1 rings (SSSR count). The smallest absolute Gasteiger partial charge is 0.146 e. The maximum atomic E-state index is 13.7. The molecule has 0 saturated carbocycles. The van der Waals surface area contributed by atoms with Crippen molar-refractivity contribution in [2.45, 2.75) is 32.2 Å². The molecule has 0 amide bonds. The Morgan fingerprint density at radius 2 is 1.93 bits per heavy atom. The van der Waals surface area contributed by atoms with E-state index >= 15 is 0 Å². The number of alkyl halides is 1. The van der Waals surface area contributed by atoms with Crippen LogP contribution in [0.25, 0.3) is 0 Å². The molecule has 0 atom stereocenters. The van der Waals surface area contributed by atoms with Crippen LogP contribution < -0.4 is 4.90 Å². The van der Waals surface area contributed by atoms with Crippen LogP contribution in [0.5, 0.6) is 0 Å². The molecule has 0 radical (unpaired) electrons. The summed E-state index contributed by atoms with van der Waals surface area (Å²) in [7, 11) is 1.88. The predicted molar refractivity (Wildman–Crippen MR) is 64.1 cm³/mol. The van der Waals surface area contributed by atoms with Gasteiger partial charge in [-0.3, -0.25) is 0 Å². The molecule has 0 aliphatic heterocycles. The van der Waals surface area contributed by atoms with E-state index in [0.29, 0.717) is 11.6 Å². The Labute approximate surface area is 95.8 Å². The number of hydrogen-bond acceptors (Lipinski definition) is 1. The van der Waals surface area contributed by atoms with Crippen LogP contribution in [-0.4, -0.2) is 12.6 Å². The Hall–Kier alpha value is -0.760. The van der Waals surface area contributed by atoms with Crippen molar-refractivity contribution in [2.75, 3.05) is 11.9 Å². The van der Waals surface area contributed by atoms with Gasteiger partial charge in [0.2, 0.25) is 0 Å². The molecule has 0 saturated heterocycles. The van der Waals surface area contributed by atoms with Crippen molar-refractivity contribution in [3.8, 4) is 0 Å². The van der Waals surface area contributed by atoms with Crippen LogP contribution in [0.4, 0.5) is 10.1 Å². The largest absolute Gasteiger partial charge is 0.367 e. The molecular weight excluding hydrogens is 213 g/mol. The van der Waals surface area contributed by atoms with Gasteiger partial charge in [-0.25, -0.2) is 4.39 Å². The quantitative estimate of drug-likeness (QED) is 0.698. The standard InChI is InChI=1S/C12H17ClFN/c1-12(2,3)15(4)11-9(8-13)6-5-7-10(11)14/h5-7H,8H2,1-4H3. The first kappa shape index (κ1) is 12.3. The Balaban J connectivity index is 3.23. The molecule has 3 heteroatoms. The highest BCUT2D eigenvalue weighted by Gasteiger charge is 2.22. The summed E-state index contributed by atoms with van der Waals surface area (Å²) in [5, 5.41) is 0. The van der Waals surface area contributed by atoms with Crippen LogP contribution in [0.2, 0.25) is 0 Å². The van der Waals surface area contributed by atoms with E-state index in [1.54, 1.807) is 6.07 Å². The lowest BCUT2D eigenvalue weighted by molar-refractivity contribution is 0.520. The first-order valence-corrected chi connectivity index (χ1v) is 5.48. The number of hydrogen-bond donors (Lipinski definition) is 0. The second-order valence-corrected chi connectivity index (χ2v) is 4.88. The highest BCUT2D eigenvalue weighted by Crippen LogP contribution is 2.29. The molecule has 0 unspecified atom stereocenters. The van der Waals surface area contributed by atoms with Gasteiger partial charge in [0.25, 0.3) is 0 Å².